The van der Waals surface area contributed by atoms with Crippen molar-refractivity contribution in [3.05, 3.63) is 64.7 Å². The highest BCUT2D eigenvalue weighted by Crippen LogP contribution is 2.25. The maximum absolute atomic E-state index is 12.5. The van der Waals surface area contributed by atoms with E-state index in [2.05, 4.69) is 16.0 Å². The predicted octanol–water partition coefficient (Wildman–Crippen LogP) is 2.33. The molecule has 5 nitrogen and oxygen atoms in total. The molecule has 0 aliphatic carbocycles. The smallest absolute Gasteiger partial charge is 0.251 e. The summed E-state index contributed by atoms with van der Waals surface area (Å²) < 4.78 is 0. The lowest BCUT2D eigenvalue weighted by Gasteiger charge is -2.20. The van der Waals surface area contributed by atoms with E-state index in [4.69, 9.17) is 0 Å². The molecule has 0 aromatic heterocycles. The average Bonchev–Trinajstić information content (AvgIpc) is 2.65. The van der Waals surface area contributed by atoms with Gasteiger partial charge in [0.2, 0.25) is 0 Å². The fourth-order valence-corrected chi connectivity index (χ4v) is 2.92. The first-order valence-electron chi connectivity index (χ1n) is 8.14. The summed E-state index contributed by atoms with van der Waals surface area (Å²) in [5, 5.41) is 8.88. The van der Waals surface area contributed by atoms with E-state index in [1.807, 2.05) is 30.3 Å². The van der Waals surface area contributed by atoms with Gasteiger partial charge in [0, 0.05) is 37.0 Å². The molecule has 1 aliphatic heterocycles. The van der Waals surface area contributed by atoms with Crippen molar-refractivity contribution in [1.82, 2.24) is 10.6 Å². The second-order valence-electron chi connectivity index (χ2n) is 5.82. The maximum atomic E-state index is 12.5. The van der Waals surface area contributed by atoms with Gasteiger partial charge in [0.05, 0.1) is 0 Å². The lowest BCUT2D eigenvalue weighted by atomic mass is 9.97. The Morgan fingerprint density at radius 2 is 1.88 bits per heavy atom. The summed E-state index contributed by atoms with van der Waals surface area (Å²) in [4.78, 5) is 24.0. The van der Waals surface area contributed by atoms with Gasteiger partial charge in [-0.15, -0.1) is 0 Å². The molecule has 1 aliphatic rings. The Labute approximate surface area is 141 Å². The van der Waals surface area contributed by atoms with Crippen LogP contribution in [0.5, 0.6) is 0 Å². The number of fused-ring (bicyclic) bond motifs is 1. The van der Waals surface area contributed by atoms with Crippen LogP contribution in [0.15, 0.2) is 42.5 Å². The van der Waals surface area contributed by atoms with Gasteiger partial charge in [-0.3, -0.25) is 9.59 Å². The molecule has 0 spiro atoms. The molecule has 0 saturated heterocycles. The fraction of sp³-hybridized carbons (Fsp3) is 0.263. The van der Waals surface area contributed by atoms with Crippen molar-refractivity contribution in [2.24, 2.45) is 0 Å². The number of rotatable bonds is 4. The van der Waals surface area contributed by atoms with Crippen LogP contribution >= 0.6 is 0 Å². The predicted molar refractivity (Wildman–Crippen MR) is 94.3 cm³/mol. The van der Waals surface area contributed by atoms with Crippen LogP contribution in [0.1, 0.15) is 38.3 Å². The highest BCUT2D eigenvalue weighted by molar-refractivity contribution is 5.97. The van der Waals surface area contributed by atoms with E-state index in [1.165, 1.54) is 0 Å². The molecule has 0 saturated carbocycles. The third-order valence-corrected chi connectivity index (χ3v) is 4.24. The van der Waals surface area contributed by atoms with Crippen LogP contribution in [0.2, 0.25) is 0 Å². The van der Waals surface area contributed by atoms with Crippen molar-refractivity contribution in [3.63, 3.8) is 0 Å². The van der Waals surface area contributed by atoms with Gasteiger partial charge in [0.25, 0.3) is 11.8 Å². The van der Waals surface area contributed by atoms with Gasteiger partial charge in [-0.2, -0.15) is 0 Å². The first-order chi connectivity index (χ1) is 11.7. The Morgan fingerprint density at radius 1 is 1.08 bits per heavy atom. The molecule has 3 rings (SSSR count). The van der Waals surface area contributed by atoms with Gasteiger partial charge < -0.3 is 16.0 Å². The standard InChI is InChI=1S/C19H21N3O2/c1-20-18(23)14-9-7-13(8-10-14)12-22-19(24)16-4-2-6-17-15(16)5-3-11-21-17/h2,4,6-10,21H,3,5,11-12H2,1H3,(H,20,23)(H,22,24). The number of amides is 2. The van der Waals surface area contributed by atoms with Crippen molar-refractivity contribution in [2.75, 3.05) is 18.9 Å². The minimum absolute atomic E-state index is 0.0640. The fourth-order valence-electron chi connectivity index (χ4n) is 2.92. The zero-order valence-corrected chi connectivity index (χ0v) is 13.7. The molecule has 0 atom stereocenters. The monoisotopic (exact) mass is 323 g/mol. The second-order valence-corrected chi connectivity index (χ2v) is 5.82. The number of carbonyl (C=O) groups is 2. The van der Waals surface area contributed by atoms with E-state index in [-0.39, 0.29) is 11.8 Å². The summed E-state index contributed by atoms with van der Waals surface area (Å²) in [5.74, 6) is -0.181. The molecule has 0 unspecified atom stereocenters. The zero-order valence-electron chi connectivity index (χ0n) is 13.7. The van der Waals surface area contributed by atoms with Gasteiger partial charge in [-0.05, 0) is 48.2 Å². The average molecular weight is 323 g/mol. The van der Waals surface area contributed by atoms with E-state index in [9.17, 15) is 9.59 Å². The molecule has 2 amide bonds. The molecule has 0 bridgehead atoms. The van der Waals surface area contributed by atoms with Gasteiger partial charge in [-0.25, -0.2) is 0 Å². The van der Waals surface area contributed by atoms with Crippen molar-refractivity contribution in [3.8, 4) is 0 Å². The second kappa shape index (κ2) is 7.17. The summed E-state index contributed by atoms with van der Waals surface area (Å²) >= 11 is 0. The first kappa shape index (κ1) is 16.1. The third-order valence-electron chi connectivity index (χ3n) is 4.24. The molecule has 24 heavy (non-hydrogen) atoms. The summed E-state index contributed by atoms with van der Waals surface area (Å²) in [6, 6.07) is 13.0. The third kappa shape index (κ3) is 3.40. The van der Waals surface area contributed by atoms with Crippen LogP contribution in [0.4, 0.5) is 5.69 Å². The molecule has 5 heteroatoms. The lowest BCUT2D eigenvalue weighted by molar-refractivity contribution is 0.0945. The molecule has 0 fully saturated rings. The largest absolute Gasteiger partial charge is 0.385 e. The van der Waals surface area contributed by atoms with Crippen LogP contribution in [-0.4, -0.2) is 25.4 Å². The molecule has 2 aromatic carbocycles. The van der Waals surface area contributed by atoms with Crippen LogP contribution in [0.25, 0.3) is 0 Å². The maximum Gasteiger partial charge on any atom is 0.251 e. The van der Waals surface area contributed by atoms with Crippen LogP contribution < -0.4 is 16.0 Å². The molecular formula is C19H21N3O2. The van der Waals surface area contributed by atoms with E-state index in [0.29, 0.717) is 12.1 Å². The lowest BCUT2D eigenvalue weighted by Crippen LogP contribution is -2.25. The van der Waals surface area contributed by atoms with E-state index >= 15 is 0 Å². The number of hydrogen-bond donors (Lipinski definition) is 3. The zero-order chi connectivity index (χ0) is 16.9. The highest BCUT2D eigenvalue weighted by Gasteiger charge is 2.17. The normalized spacial score (nSPS) is 12.7. The minimum atomic E-state index is -0.117. The molecule has 2 aromatic rings. The van der Waals surface area contributed by atoms with E-state index in [1.54, 1.807) is 19.2 Å². The SMILES string of the molecule is CNC(=O)c1ccc(CNC(=O)c2cccc3c2CCCN3)cc1. The van der Waals surface area contributed by atoms with Crippen molar-refractivity contribution in [1.29, 1.82) is 0 Å². The summed E-state index contributed by atoms with van der Waals surface area (Å²) in [6.07, 6.45) is 1.96. The number of anilines is 1. The van der Waals surface area contributed by atoms with Gasteiger partial charge in [0.1, 0.15) is 0 Å². The summed E-state index contributed by atoms with van der Waals surface area (Å²) in [7, 11) is 1.60. The van der Waals surface area contributed by atoms with Crippen molar-refractivity contribution >= 4 is 17.5 Å². The van der Waals surface area contributed by atoms with Gasteiger partial charge in [0.15, 0.2) is 0 Å². The number of benzene rings is 2. The topological polar surface area (TPSA) is 70.2 Å². The summed E-state index contributed by atoms with van der Waals surface area (Å²) in [5.41, 5.74) is 4.46. The number of carbonyl (C=O) groups excluding carboxylic acids is 2. The van der Waals surface area contributed by atoms with Gasteiger partial charge >= 0.3 is 0 Å². The summed E-state index contributed by atoms with van der Waals surface area (Å²) in [6.45, 7) is 1.39. The minimum Gasteiger partial charge on any atom is -0.385 e. The van der Waals surface area contributed by atoms with Crippen LogP contribution in [0, 0.1) is 0 Å². The molecule has 0 radical (unpaired) electrons. The molecule has 1 heterocycles. The Bertz CT molecular complexity index is 754. The molecule has 124 valence electrons. The Hall–Kier alpha value is -2.82. The Morgan fingerprint density at radius 3 is 2.62 bits per heavy atom. The number of hydrogen-bond acceptors (Lipinski definition) is 3. The van der Waals surface area contributed by atoms with Crippen molar-refractivity contribution in [2.45, 2.75) is 19.4 Å². The van der Waals surface area contributed by atoms with E-state index < -0.39 is 0 Å². The van der Waals surface area contributed by atoms with Crippen LogP contribution in [-0.2, 0) is 13.0 Å². The molecular weight excluding hydrogens is 302 g/mol. The molecule has 3 N–H and O–H groups in total. The van der Waals surface area contributed by atoms with Crippen LogP contribution in [0.3, 0.4) is 0 Å². The number of nitrogens with one attached hydrogen (secondary N) is 3. The Balaban J connectivity index is 1.67. The quantitative estimate of drug-likeness (QED) is 0.809. The first-order valence-corrected chi connectivity index (χ1v) is 8.14. The van der Waals surface area contributed by atoms with Gasteiger partial charge in [-0.1, -0.05) is 18.2 Å². The van der Waals surface area contributed by atoms with E-state index in [0.717, 1.165) is 41.8 Å². The highest BCUT2D eigenvalue weighted by atomic mass is 16.2. The van der Waals surface area contributed by atoms with Crippen molar-refractivity contribution < 1.29 is 9.59 Å². The Kier molecular flexibility index (Phi) is 4.79.